The van der Waals surface area contributed by atoms with Crippen LogP contribution in [0.25, 0.3) is 11.1 Å². The van der Waals surface area contributed by atoms with Crippen molar-refractivity contribution in [3.63, 3.8) is 0 Å². The van der Waals surface area contributed by atoms with Gasteiger partial charge >= 0.3 is 0 Å². The van der Waals surface area contributed by atoms with Crippen LogP contribution >= 0.6 is 0 Å². The lowest BCUT2D eigenvalue weighted by molar-refractivity contribution is -0.0558. The minimum Gasteiger partial charge on any atom is -0.384 e. The Labute approximate surface area is 210 Å². The second-order valence-corrected chi connectivity index (χ2v) is 9.99. The minimum atomic E-state index is -2.84. The molecular formula is C27H26F5N3O2. The molecule has 2 heterocycles. The van der Waals surface area contributed by atoms with E-state index in [4.69, 9.17) is 0 Å². The number of aliphatic hydroxyl groups is 1. The van der Waals surface area contributed by atoms with E-state index in [1.54, 1.807) is 6.92 Å². The largest absolute Gasteiger partial charge is 0.384 e. The van der Waals surface area contributed by atoms with Gasteiger partial charge in [-0.3, -0.25) is 14.8 Å². The maximum atomic E-state index is 14.8. The SMILES string of the molecule is CC1CC(F)(F)CC[C@@H]1c1nccc(-c2cc(F)ccc2F)c1NC(=O)c1cnc(C(C)(C)O)c(F)c1. The first kappa shape index (κ1) is 26.7. The fourth-order valence-corrected chi connectivity index (χ4v) is 4.79. The number of rotatable bonds is 5. The normalized spacial score (nSPS) is 19.5. The molecule has 4 rings (SSSR count). The van der Waals surface area contributed by atoms with Crippen LogP contribution in [0.3, 0.4) is 0 Å². The van der Waals surface area contributed by atoms with Crippen molar-refractivity contribution in [1.82, 2.24) is 9.97 Å². The second-order valence-electron chi connectivity index (χ2n) is 9.99. The molecule has 0 spiro atoms. The zero-order valence-electron chi connectivity index (χ0n) is 20.5. The van der Waals surface area contributed by atoms with E-state index in [1.807, 2.05) is 0 Å². The quantitative estimate of drug-likeness (QED) is 0.374. The Kier molecular flexibility index (Phi) is 7.07. The lowest BCUT2D eigenvalue weighted by atomic mass is 9.75. The summed E-state index contributed by atoms with van der Waals surface area (Å²) in [5.41, 5.74) is -1.84. The standard InChI is InChI=1S/C27H26F5N3O2/c1-14-12-27(31,32)8-6-17(14)22-23(18(7-9-33-22)19-11-16(28)4-5-20(19)29)35-25(36)15-10-21(30)24(34-13-15)26(2,3)37/h4-5,7,9-11,13-14,17,37H,6,8,12H2,1-3H3,(H,35,36)/t14?,17-/m0/s1. The van der Waals surface area contributed by atoms with Crippen LogP contribution in [0.5, 0.6) is 0 Å². The fraction of sp³-hybridized carbons (Fsp3) is 0.370. The Bertz CT molecular complexity index is 1340. The molecule has 1 saturated carbocycles. The highest BCUT2D eigenvalue weighted by atomic mass is 19.3. The van der Waals surface area contributed by atoms with E-state index in [9.17, 15) is 31.9 Å². The number of halogens is 5. The van der Waals surface area contributed by atoms with Gasteiger partial charge in [0.25, 0.3) is 5.91 Å². The molecule has 2 atom stereocenters. The molecule has 5 nitrogen and oxygen atoms in total. The number of benzene rings is 1. The van der Waals surface area contributed by atoms with Gasteiger partial charge in [0.1, 0.15) is 28.7 Å². The topological polar surface area (TPSA) is 75.1 Å². The van der Waals surface area contributed by atoms with Gasteiger partial charge in [0.2, 0.25) is 5.92 Å². The molecule has 1 unspecified atom stereocenters. The van der Waals surface area contributed by atoms with Crippen molar-refractivity contribution < 1.29 is 31.9 Å². The van der Waals surface area contributed by atoms with Gasteiger partial charge in [0, 0.05) is 42.3 Å². The van der Waals surface area contributed by atoms with Crippen LogP contribution in [0.2, 0.25) is 0 Å². The molecule has 1 aromatic carbocycles. The molecule has 1 amide bonds. The summed E-state index contributed by atoms with van der Waals surface area (Å²) in [5, 5.41) is 12.7. The molecule has 0 bridgehead atoms. The minimum absolute atomic E-state index is 0.0195. The number of carbonyl (C=O) groups is 1. The first-order valence-electron chi connectivity index (χ1n) is 11.8. The van der Waals surface area contributed by atoms with Gasteiger partial charge in [0.15, 0.2) is 0 Å². The van der Waals surface area contributed by atoms with Crippen LogP contribution < -0.4 is 5.32 Å². The summed E-state index contributed by atoms with van der Waals surface area (Å²) in [4.78, 5) is 21.4. The molecule has 3 aromatic rings. The van der Waals surface area contributed by atoms with Crippen molar-refractivity contribution in [2.45, 2.75) is 57.5 Å². The first-order valence-corrected chi connectivity index (χ1v) is 11.8. The Morgan fingerprint density at radius 3 is 2.46 bits per heavy atom. The number of aromatic nitrogens is 2. The van der Waals surface area contributed by atoms with Crippen LogP contribution in [0.4, 0.5) is 27.6 Å². The van der Waals surface area contributed by atoms with E-state index in [1.165, 1.54) is 26.1 Å². The number of alkyl halides is 2. The maximum Gasteiger partial charge on any atom is 0.257 e. The molecule has 1 aliphatic carbocycles. The predicted molar refractivity (Wildman–Crippen MR) is 128 cm³/mol. The number of amides is 1. The number of nitrogens with zero attached hydrogens (tertiary/aromatic N) is 2. The molecular weight excluding hydrogens is 493 g/mol. The number of anilines is 1. The van der Waals surface area contributed by atoms with Gasteiger partial charge < -0.3 is 10.4 Å². The third-order valence-electron chi connectivity index (χ3n) is 6.60. The van der Waals surface area contributed by atoms with Crippen molar-refractivity contribution in [3.05, 3.63) is 77.1 Å². The summed E-state index contributed by atoms with van der Waals surface area (Å²) in [6, 6.07) is 5.13. The summed E-state index contributed by atoms with van der Waals surface area (Å²) in [7, 11) is 0. The summed E-state index contributed by atoms with van der Waals surface area (Å²) < 4.78 is 71.5. The molecule has 2 N–H and O–H groups in total. The Morgan fingerprint density at radius 2 is 1.81 bits per heavy atom. The van der Waals surface area contributed by atoms with Gasteiger partial charge in [-0.15, -0.1) is 0 Å². The van der Waals surface area contributed by atoms with Crippen LogP contribution in [0, 0.1) is 23.4 Å². The third kappa shape index (κ3) is 5.64. The zero-order chi connectivity index (χ0) is 27.1. The highest BCUT2D eigenvalue weighted by Crippen LogP contribution is 2.47. The average Bonchev–Trinajstić information content (AvgIpc) is 2.79. The lowest BCUT2D eigenvalue weighted by Gasteiger charge is -2.34. The van der Waals surface area contributed by atoms with Gasteiger partial charge in [0.05, 0.1) is 16.9 Å². The van der Waals surface area contributed by atoms with Gasteiger partial charge in [-0.1, -0.05) is 6.92 Å². The summed E-state index contributed by atoms with van der Waals surface area (Å²) in [6.07, 6.45) is 1.72. The molecule has 37 heavy (non-hydrogen) atoms. The second kappa shape index (κ2) is 9.81. The van der Waals surface area contributed by atoms with E-state index in [-0.39, 0.29) is 46.6 Å². The van der Waals surface area contributed by atoms with Crippen LogP contribution in [-0.4, -0.2) is 26.9 Å². The van der Waals surface area contributed by atoms with Gasteiger partial charge in [-0.05, 0) is 56.5 Å². The maximum absolute atomic E-state index is 14.8. The van der Waals surface area contributed by atoms with Crippen molar-refractivity contribution in [3.8, 4) is 11.1 Å². The first-order chi connectivity index (χ1) is 17.3. The van der Waals surface area contributed by atoms with E-state index < -0.39 is 53.1 Å². The highest BCUT2D eigenvalue weighted by molar-refractivity contribution is 6.06. The van der Waals surface area contributed by atoms with Gasteiger partial charge in [-0.25, -0.2) is 22.0 Å². The van der Waals surface area contributed by atoms with Gasteiger partial charge in [-0.2, -0.15) is 0 Å². The molecule has 1 fully saturated rings. The number of pyridine rings is 2. The summed E-state index contributed by atoms with van der Waals surface area (Å²) in [6.45, 7) is 4.33. The van der Waals surface area contributed by atoms with Crippen LogP contribution in [-0.2, 0) is 5.60 Å². The molecule has 2 aromatic heterocycles. The summed E-state index contributed by atoms with van der Waals surface area (Å²) in [5.74, 6) is -7.08. The fourth-order valence-electron chi connectivity index (χ4n) is 4.79. The van der Waals surface area contributed by atoms with E-state index in [0.29, 0.717) is 0 Å². The smallest absolute Gasteiger partial charge is 0.257 e. The van der Waals surface area contributed by atoms with E-state index >= 15 is 0 Å². The van der Waals surface area contributed by atoms with E-state index in [0.717, 1.165) is 30.5 Å². The van der Waals surface area contributed by atoms with Crippen molar-refractivity contribution in [2.24, 2.45) is 5.92 Å². The number of carbonyl (C=O) groups excluding carboxylic acids is 1. The Hall–Kier alpha value is -3.40. The summed E-state index contributed by atoms with van der Waals surface area (Å²) >= 11 is 0. The lowest BCUT2D eigenvalue weighted by Crippen LogP contribution is -2.31. The molecule has 0 radical (unpaired) electrons. The monoisotopic (exact) mass is 519 g/mol. The number of hydrogen-bond acceptors (Lipinski definition) is 4. The van der Waals surface area contributed by atoms with Crippen molar-refractivity contribution in [1.29, 1.82) is 0 Å². The Balaban J connectivity index is 1.81. The zero-order valence-corrected chi connectivity index (χ0v) is 20.5. The van der Waals surface area contributed by atoms with Crippen LogP contribution in [0.1, 0.15) is 67.7 Å². The average molecular weight is 520 g/mol. The molecule has 0 aliphatic heterocycles. The number of nitrogens with one attached hydrogen (secondary N) is 1. The third-order valence-corrected chi connectivity index (χ3v) is 6.60. The molecule has 1 aliphatic rings. The molecule has 196 valence electrons. The number of hydrogen-bond donors (Lipinski definition) is 2. The van der Waals surface area contributed by atoms with Crippen LogP contribution in [0.15, 0.2) is 42.7 Å². The molecule has 0 saturated heterocycles. The van der Waals surface area contributed by atoms with E-state index in [2.05, 4.69) is 15.3 Å². The Morgan fingerprint density at radius 1 is 1.08 bits per heavy atom. The van der Waals surface area contributed by atoms with Crippen molar-refractivity contribution in [2.75, 3.05) is 5.32 Å². The molecule has 10 heteroatoms. The predicted octanol–water partition coefficient (Wildman–Crippen LogP) is 6.58. The van der Waals surface area contributed by atoms with Crippen molar-refractivity contribution >= 4 is 11.6 Å². The highest BCUT2D eigenvalue weighted by Gasteiger charge is 2.41.